The molecule has 0 spiro atoms. The summed E-state index contributed by atoms with van der Waals surface area (Å²) in [6.45, 7) is 5.42. The molecule has 0 saturated carbocycles. The fourth-order valence-corrected chi connectivity index (χ4v) is 5.82. The number of halogens is 2. The molecule has 0 bridgehead atoms. The van der Waals surface area contributed by atoms with Crippen LogP contribution in [0.5, 0.6) is 5.88 Å². The lowest BCUT2D eigenvalue weighted by Gasteiger charge is -2.28. The zero-order chi connectivity index (χ0) is 30.4. The number of benzene rings is 1. The quantitative estimate of drug-likeness (QED) is 0.266. The van der Waals surface area contributed by atoms with Crippen LogP contribution in [0.2, 0.25) is 0 Å². The summed E-state index contributed by atoms with van der Waals surface area (Å²) in [6.07, 6.45) is -1.73. The van der Waals surface area contributed by atoms with E-state index in [-0.39, 0.29) is 56.1 Å². The van der Waals surface area contributed by atoms with E-state index in [1.54, 1.807) is 16.8 Å². The molecule has 1 unspecified atom stereocenters. The Balaban J connectivity index is 1.38. The van der Waals surface area contributed by atoms with Crippen LogP contribution in [-0.4, -0.2) is 69.7 Å². The van der Waals surface area contributed by atoms with Gasteiger partial charge in [-0.15, -0.1) is 11.3 Å². The van der Waals surface area contributed by atoms with Gasteiger partial charge in [0.1, 0.15) is 12.0 Å². The van der Waals surface area contributed by atoms with E-state index in [9.17, 15) is 23.5 Å². The number of hydrogen-bond acceptors (Lipinski definition) is 9. The summed E-state index contributed by atoms with van der Waals surface area (Å²) in [4.78, 5) is 33.7. The molecule has 2 aromatic heterocycles. The number of likely N-dealkylation sites (tertiary alicyclic amines) is 1. The van der Waals surface area contributed by atoms with Gasteiger partial charge in [0.15, 0.2) is 5.76 Å². The van der Waals surface area contributed by atoms with Crippen molar-refractivity contribution in [1.82, 2.24) is 20.4 Å². The first-order chi connectivity index (χ1) is 20.0. The number of alkyl halides is 2. The number of carbonyl (C=O) groups excluding carboxylic acids is 2. The van der Waals surface area contributed by atoms with E-state index in [1.165, 1.54) is 11.0 Å². The Labute approximate surface area is 247 Å². The SMILES string of the molecule is Cc1ncsc1-c1ccc(CNC(=O)[C@@H]2C[C@@H](O)CN2C(=O)C(c2cc(OCCC(F)(F)CCN)no2)C(C)C)cc1. The molecule has 0 radical (unpaired) electrons. The average Bonchev–Trinajstić information content (AvgIpc) is 3.67. The van der Waals surface area contributed by atoms with Crippen LogP contribution in [-0.2, 0) is 16.1 Å². The van der Waals surface area contributed by atoms with Gasteiger partial charge in [-0.05, 0) is 35.7 Å². The summed E-state index contributed by atoms with van der Waals surface area (Å²) in [5, 5.41) is 17.1. The second-order valence-corrected chi connectivity index (χ2v) is 11.7. The van der Waals surface area contributed by atoms with Gasteiger partial charge >= 0.3 is 0 Å². The highest BCUT2D eigenvalue weighted by atomic mass is 32.1. The second kappa shape index (κ2) is 13.7. The Kier molecular flexibility index (Phi) is 10.3. The molecule has 4 rings (SSSR count). The van der Waals surface area contributed by atoms with E-state index in [0.29, 0.717) is 0 Å². The summed E-state index contributed by atoms with van der Waals surface area (Å²) < 4.78 is 38.1. The number of amides is 2. The molecule has 1 aromatic carbocycles. The van der Waals surface area contributed by atoms with Crippen LogP contribution in [0.3, 0.4) is 0 Å². The molecule has 10 nitrogen and oxygen atoms in total. The largest absolute Gasteiger partial charge is 0.475 e. The predicted molar refractivity (Wildman–Crippen MR) is 153 cm³/mol. The molecule has 1 aliphatic rings. The van der Waals surface area contributed by atoms with Crippen LogP contribution >= 0.6 is 11.3 Å². The number of ether oxygens (including phenoxy) is 1. The van der Waals surface area contributed by atoms with E-state index in [4.69, 9.17) is 15.0 Å². The molecule has 228 valence electrons. The Morgan fingerprint density at radius 2 is 2.02 bits per heavy atom. The third-order valence-corrected chi connectivity index (χ3v) is 8.24. The molecule has 13 heteroatoms. The summed E-state index contributed by atoms with van der Waals surface area (Å²) >= 11 is 1.57. The molecule has 1 aliphatic heterocycles. The van der Waals surface area contributed by atoms with Gasteiger partial charge in [0, 0.05) is 38.4 Å². The van der Waals surface area contributed by atoms with E-state index >= 15 is 0 Å². The lowest BCUT2D eigenvalue weighted by Crippen LogP contribution is -2.48. The number of β-amino-alcohol motifs (C(OH)–C–C–N with tert-alkyl or cyclic N) is 1. The van der Waals surface area contributed by atoms with Gasteiger partial charge in [0.2, 0.25) is 11.8 Å². The number of carbonyl (C=O) groups is 2. The lowest BCUT2D eigenvalue weighted by molar-refractivity contribution is -0.141. The number of aliphatic hydroxyl groups excluding tert-OH is 1. The Hall–Kier alpha value is -3.42. The normalized spacial score (nSPS) is 18.0. The van der Waals surface area contributed by atoms with Crippen LogP contribution in [0, 0.1) is 12.8 Å². The van der Waals surface area contributed by atoms with Gasteiger partial charge in [-0.25, -0.2) is 13.8 Å². The van der Waals surface area contributed by atoms with Crippen LogP contribution in [0.1, 0.15) is 56.0 Å². The van der Waals surface area contributed by atoms with Crippen molar-refractivity contribution >= 4 is 23.2 Å². The molecule has 1 fully saturated rings. The molecule has 42 heavy (non-hydrogen) atoms. The third kappa shape index (κ3) is 7.69. The van der Waals surface area contributed by atoms with Gasteiger partial charge in [0.05, 0.1) is 28.8 Å². The number of hydrogen-bond donors (Lipinski definition) is 3. The van der Waals surface area contributed by atoms with E-state index in [2.05, 4.69) is 15.5 Å². The highest BCUT2D eigenvalue weighted by Crippen LogP contribution is 2.33. The molecule has 3 aromatic rings. The topological polar surface area (TPSA) is 144 Å². The number of thiazole rings is 1. The monoisotopic (exact) mass is 605 g/mol. The summed E-state index contributed by atoms with van der Waals surface area (Å²) in [6, 6.07) is 8.36. The van der Waals surface area contributed by atoms with Crippen LogP contribution < -0.4 is 15.8 Å². The second-order valence-electron chi connectivity index (χ2n) is 10.9. The van der Waals surface area contributed by atoms with Crippen molar-refractivity contribution in [3.8, 4) is 16.3 Å². The molecule has 3 atom stereocenters. The maximum atomic E-state index is 13.7. The first kappa shape index (κ1) is 31.5. The van der Waals surface area contributed by atoms with Gasteiger partial charge in [-0.2, -0.15) is 0 Å². The van der Waals surface area contributed by atoms with Crippen LogP contribution in [0.25, 0.3) is 10.4 Å². The number of nitrogens with one attached hydrogen (secondary N) is 1. The lowest BCUT2D eigenvalue weighted by atomic mass is 9.91. The number of aryl methyl sites for hydroxylation is 1. The number of nitrogens with two attached hydrogens (primary N) is 1. The fraction of sp³-hybridized carbons (Fsp3) is 0.517. The fourth-order valence-electron chi connectivity index (χ4n) is 5.01. The number of aliphatic hydroxyl groups is 1. The Morgan fingerprint density at radius 1 is 1.29 bits per heavy atom. The van der Waals surface area contributed by atoms with Gasteiger partial charge < -0.3 is 30.3 Å². The van der Waals surface area contributed by atoms with Crippen molar-refractivity contribution in [1.29, 1.82) is 0 Å². The molecule has 1 saturated heterocycles. The maximum Gasteiger partial charge on any atom is 0.254 e. The van der Waals surface area contributed by atoms with Crippen molar-refractivity contribution in [2.24, 2.45) is 11.7 Å². The Morgan fingerprint density at radius 3 is 2.67 bits per heavy atom. The predicted octanol–water partition coefficient (Wildman–Crippen LogP) is 3.88. The van der Waals surface area contributed by atoms with Crippen molar-refractivity contribution in [2.45, 2.75) is 70.6 Å². The average molecular weight is 606 g/mol. The van der Waals surface area contributed by atoms with E-state index < -0.39 is 42.7 Å². The van der Waals surface area contributed by atoms with E-state index in [0.717, 1.165) is 21.7 Å². The summed E-state index contributed by atoms with van der Waals surface area (Å²) in [5.74, 6) is -4.62. The standard InChI is InChI=1S/C29H37F2N5O5S/c1-17(2)25(23-13-24(35-41-23)40-11-9-29(30,31)8-10-32)28(39)36-15-21(37)12-22(36)27(38)33-14-19-4-6-20(7-5-19)26-18(3)34-16-42-26/h4-7,13,16-17,21-22,25,37H,8-12,14-15,32H2,1-3H3,(H,33,38)/t21-,22+,25?/m1/s1. The van der Waals surface area contributed by atoms with Crippen LogP contribution in [0.4, 0.5) is 8.78 Å². The van der Waals surface area contributed by atoms with Gasteiger partial charge in [-0.1, -0.05) is 38.1 Å². The molecule has 2 amide bonds. The molecular formula is C29H37F2N5O5S. The minimum absolute atomic E-state index is 0.00322. The first-order valence-electron chi connectivity index (χ1n) is 13.9. The smallest absolute Gasteiger partial charge is 0.254 e. The number of rotatable bonds is 13. The van der Waals surface area contributed by atoms with Gasteiger partial charge in [0.25, 0.3) is 11.8 Å². The van der Waals surface area contributed by atoms with Crippen LogP contribution in [0.15, 0.2) is 40.4 Å². The summed E-state index contributed by atoms with van der Waals surface area (Å²) in [7, 11) is 0. The maximum absolute atomic E-state index is 13.7. The highest BCUT2D eigenvalue weighted by molar-refractivity contribution is 7.13. The Bertz CT molecular complexity index is 1350. The molecular weight excluding hydrogens is 568 g/mol. The highest BCUT2D eigenvalue weighted by Gasteiger charge is 2.43. The zero-order valence-corrected chi connectivity index (χ0v) is 24.7. The third-order valence-electron chi connectivity index (χ3n) is 7.27. The van der Waals surface area contributed by atoms with Crippen molar-refractivity contribution < 1.29 is 32.7 Å². The zero-order valence-electron chi connectivity index (χ0n) is 23.9. The summed E-state index contributed by atoms with van der Waals surface area (Å²) in [5.41, 5.74) is 9.92. The molecule has 4 N–H and O–H groups in total. The minimum atomic E-state index is -2.95. The molecule has 3 heterocycles. The van der Waals surface area contributed by atoms with Crippen molar-refractivity contribution in [3.05, 3.63) is 52.9 Å². The van der Waals surface area contributed by atoms with Crippen molar-refractivity contribution in [3.63, 3.8) is 0 Å². The van der Waals surface area contributed by atoms with Crippen molar-refractivity contribution in [2.75, 3.05) is 19.7 Å². The molecule has 0 aliphatic carbocycles. The minimum Gasteiger partial charge on any atom is -0.475 e. The first-order valence-corrected chi connectivity index (χ1v) is 14.8. The number of aromatic nitrogens is 2. The van der Waals surface area contributed by atoms with Gasteiger partial charge in [-0.3, -0.25) is 9.59 Å². The number of nitrogens with zero attached hydrogens (tertiary/aromatic N) is 3. The van der Waals surface area contributed by atoms with E-state index in [1.807, 2.05) is 45.0 Å².